The number of likely N-dealkylation sites (N-methyl/N-ethyl adjacent to an activating group) is 1. The van der Waals surface area contributed by atoms with Gasteiger partial charge in [0.1, 0.15) is 5.69 Å². The largest absolute Gasteiger partial charge is 0.395 e. The Morgan fingerprint density at radius 2 is 1.96 bits per heavy atom. The van der Waals surface area contributed by atoms with Crippen molar-refractivity contribution >= 4 is 11.6 Å². The molecule has 2 rings (SSSR count). The third kappa shape index (κ3) is 3.83. The van der Waals surface area contributed by atoms with Gasteiger partial charge in [-0.15, -0.1) is 0 Å². The molecule has 1 amide bonds. The molecule has 1 atom stereocenters. The molecule has 0 aliphatic carbocycles. The minimum atomic E-state index is -0.443. The van der Waals surface area contributed by atoms with Crippen molar-refractivity contribution in [3.8, 4) is 5.69 Å². The molecule has 1 heterocycles. The SMILES string of the molecule is CCN(CCO)C(C)C(=O)Nc1c(C)n(C)n(-c2ccccc2)c1=O. The van der Waals surface area contributed by atoms with Gasteiger partial charge < -0.3 is 10.4 Å². The lowest BCUT2D eigenvalue weighted by Gasteiger charge is -2.25. The monoisotopic (exact) mass is 346 g/mol. The molecule has 2 aromatic rings. The van der Waals surface area contributed by atoms with Crippen LogP contribution in [0.1, 0.15) is 19.5 Å². The molecule has 0 spiro atoms. The highest BCUT2D eigenvalue weighted by atomic mass is 16.3. The topological polar surface area (TPSA) is 79.5 Å². The van der Waals surface area contributed by atoms with Gasteiger partial charge in [0.2, 0.25) is 5.91 Å². The number of aliphatic hydroxyl groups excluding tert-OH is 1. The molecule has 0 bridgehead atoms. The van der Waals surface area contributed by atoms with Gasteiger partial charge in [-0.3, -0.25) is 19.2 Å². The van der Waals surface area contributed by atoms with Gasteiger partial charge >= 0.3 is 0 Å². The molecule has 1 unspecified atom stereocenters. The van der Waals surface area contributed by atoms with Crippen molar-refractivity contribution in [3.63, 3.8) is 0 Å². The molecule has 7 heteroatoms. The number of nitrogens with zero attached hydrogens (tertiary/aromatic N) is 3. The molecule has 0 saturated heterocycles. The highest BCUT2D eigenvalue weighted by Gasteiger charge is 2.23. The molecular formula is C18H26N4O3. The van der Waals surface area contributed by atoms with Crippen LogP contribution in [0.2, 0.25) is 0 Å². The summed E-state index contributed by atoms with van der Waals surface area (Å²) in [5.74, 6) is -0.263. The average Bonchev–Trinajstić information content (AvgIpc) is 2.83. The van der Waals surface area contributed by atoms with Crippen molar-refractivity contribution in [2.75, 3.05) is 25.0 Å². The van der Waals surface area contributed by atoms with Crippen molar-refractivity contribution in [3.05, 3.63) is 46.4 Å². The highest BCUT2D eigenvalue weighted by molar-refractivity contribution is 5.95. The number of hydrogen-bond acceptors (Lipinski definition) is 4. The Morgan fingerprint density at radius 1 is 1.32 bits per heavy atom. The predicted molar refractivity (Wildman–Crippen MR) is 98.2 cm³/mol. The Morgan fingerprint density at radius 3 is 2.52 bits per heavy atom. The number of carbonyl (C=O) groups excluding carboxylic acids is 1. The summed E-state index contributed by atoms with van der Waals surface area (Å²) in [6.45, 7) is 6.52. The molecule has 7 nitrogen and oxygen atoms in total. The van der Waals surface area contributed by atoms with Crippen molar-refractivity contribution in [1.29, 1.82) is 0 Å². The summed E-state index contributed by atoms with van der Waals surface area (Å²) >= 11 is 0. The van der Waals surface area contributed by atoms with Gasteiger partial charge in [0.25, 0.3) is 5.56 Å². The van der Waals surface area contributed by atoms with E-state index in [1.807, 2.05) is 42.2 Å². The first-order chi connectivity index (χ1) is 11.9. The van der Waals surface area contributed by atoms with E-state index in [0.29, 0.717) is 18.8 Å². The molecule has 2 N–H and O–H groups in total. The maximum Gasteiger partial charge on any atom is 0.295 e. The van der Waals surface area contributed by atoms with Crippen molar-refractivity contribution < 1.29 is 9.90 Å². The number of aliphatic hydroxyl groups is 1. The number of para-hydroxylation sites is 1. The van der Waals surface area contributed by atoms with E-state index in [2.05, 4.69) is 5.32 Å². The Hall–Kier alpha value is -2.38. The summed E-state index contributed by atoms with van der Waals surface area (Å²) in [6, 6.07) is 8.84. The van der Waals surface area contributed by atoms with Crippen LogP contribution in [0, 0.1) is 6.92 Å². The number of benzene rings is 1. The van der Waals surface area contributed by atoms with E-state index in [4.69, 9.17) is 5.11 Å². The number of amides is 1. The zero-order chi connectivity index (χ0) is 18.6. The van der Waals surface area contributed by atoms with Crippen LogP contribution in [0.4, 0.5) is 5.69 Å². The van der Waals surface area contributed by atoms with E-state index in [1.54, 1.807) is 25.6 Å². The summed E-state index contributed by atoms with van der Waals surface area (Å²) in [7, 11) is 1.78. The van der Waals surface area contributed by atoms with Crippen molar-refractivity contribution in [2.45, 2.75) is 26.8 Å². The maximum atomic E-state index is 12.8. The molecule has 0 saturated carbocycles. The Balaban J connectivity index is 2.32. The van der Waals surface area contributed by atoms with E-state index in [0.717, 1.165) is 5.69 Å². The molecule has 25 heavy (non-hydrogen) atoms. The number of hydrogen-bond donors (Lipinski definition) is 2. The van der Waals surface area contributed by atoms with Crippen molar-refractivity contribution in [1.82, 2.24) is 14.3 Å². The van der Waals surface area contributed by atoms with Crippen LogP contribution in [0.3, 0.4) is 0 Å². The van der Waals surface area contributed by atoms with Crippen LogP contribution in [-0.4, -0.2) is 51.0 Å². The zero-order valence-electron chi connectivity index (χ0n) is 15.2. The van der Waals surface area contributed by atoms with Gasteiger partial charge in [-0.1, -0.05) is 25.1 Å². The summed E-state index contributed by atoms with van der Waals surface area (Å²) < 4.78 is 3.25. The lowest BCUT2D eigenvalue weighted by molar-refractivity contribution is -0.120. The molecular weight excluding hydrogens is 320 g/mol. The number of aromatic nitrogens is 2. The quantitative estimate of drug-likeness (QED) is 0.788. The molecule has 0 aliphatic rings. The summed E-state index contributed by atoms with van der Waals surface area (Å²) in [5, 5.41) is 11.9. The van der Waals surface area contributed by atoms with Crippen LogP contribution in [0.15, 0.2) is 35.1 Å². The Bertz CT molecular complexity index is 780. The first kappa shape index (κ1) is 19.0. The normalized spacial score (nSPS) is 12.4. The smallest absolute Gasteiger partial charge is 0.295 e. The van der Waals surface area contributed by atoms with Gasteiger partial charge in [0.05, 0.1) is 24.0 Å². The third-order valence-corrected chi connectivity index (χ3v) is 4.52. The van der Waals surface area contributed by atoms with E-state index >= 15 is 0 Å². The van der Waals surface area contributed by atoms with Gasteiger partial charge in [-0.05, 0) is 32.5 Å². The standard InChI is InChI=1S/C18H26N4O3/c1-5-21(11-12-23)14(3)17(24)19-16-13(2)20(4)22(18(16)25)15-9-7-6-8-10-15/h6-10,14,23H,5,11-12H2,1-4H3,(H,19,24). The average molecular weight is 346 g/mol. The van der Waals surface area contributed by atoms with Crippen LogP contribution >= 0.6 is 0 Å². The molecule has 136 valence electrons. The van der Waals surface area contributed by atoms with Gasteiger partial charge in [-0.25, -0.2) is 4.68 Å². The van der Waals surface area contributed by atoms with Crippen LogP contribution in [0.5, 0.6) is 0 Å². The summed E-state index contributed by atoms with van der Waals surface area (Å²) in [4.78, 5) is 27.2. The van der Waals surface area contributed by atoms with E-state index in [1.165, 1.54) is 4.68 Å². The lowest BCUT2D eigenvalue weighted by Crippen LogP contribution is -2.43. The molecule has 1 aromatic carbocycles. The Kier molecular flexibility index (Phi) is 6.17. The minimum absolute atomic E-state index is 0.0172. The fourth-order valence-electron chi connectivity index (χ4n) is 2.86. The second kappa shape index (κ2) is 8.13. The number of rotatable bonds is 7. The maximum absolute atomic E-state index is 12.8. The second-order valence-corrected chi connectivity index (χ2v) is 5.95. The summed E-state index contributed by atoms with van der Waals surface area (Å²) in [6.07, 6.45) is 0. The number of nitrogens with one attached hydrogen (secondary N) is 1. The van der Waals surface area contributed by atoms with Gasteiger partial charge in [0.15, 0.2) is 0 Å². The molecule has 0 fully saturated rings. The van der Waals surface area contributed by atoms with E-state index in [9.17, 15) is 9.59 Å². The fourth-order valence-corrected chi connectivity index (χ4v) is 2.86. The minimum Gasteiger partial charge on any atom is -0.395 e. The lowest BCUT2D eigenvalue weighted by atomic mass is 10.2. The van der Waals surface area contributed by atoms with Gasteiger partial charge in [0, 0.05) is 13.6 Å². The molecule has 0 radical (unpaired) electrons. The highest BCUT2D eigenvalue weighted by Crippen LogP contribution is 2.14. The van der Waals surface area contributed by atoms with Crippen molar-refractivity contribution in [2.24, 2.45) is 7.05 Å². The number of anilines is 1. The summed E-state index contributed by atoms with van der Waals surface area (Å²) in [5.41, 5.74) is 1.43. The third-order valence-electron chi connectivity index (χ3n) is 4.52. The first-order valence-electron chi connectivity index (χ1n) is 8.42. The van der Waals surface area contributed by atoms with E-state index < -0.39 is 6.04 Å². The predicted octanol–water partition coefficient (Wildman–Crippen LogP) is 1.13. The van der Waals surface area contributed by atoms with E-state index in [-0.39, 0.29) is 23.8 Å². The first-order valence-corrected chi connectivity index (χ1v) is 8.42. The fraction of sp³-hybridized carbons (Fsp3) is 0.444. The zero-order valence-corrected chi connectivity index (χ0v) is 15.2. The second-order valence-electron chi connectivity index (χ2n) is 5.95. The van der Waals surface area contributed by atoms with Gasteiger partial charge in [-0.2, -0.15) is 0 Å². The molecule has 0 aliphatic heterocycles. The molecule has 1 aromatic heterocycles. The Labute approximate surface area is 147 Å². The van der Waals surface area contributed by atoms with Crippen LogP contribution in [-0.2, 0) is 11.8 Å². The van der Waals surface area contributed by atoms with Crippen LogP contribution < -0.4 is 10.9 Å². The van der Waals surface area contributed by atoms with Crippen LogP contribution in [0.25, 0.3) is 5.69 Å². The number of carbonyl (C=O) groups is 1.